The standard InChI is InChI=1S/C23H32N6O/c1-27(12-17-5-3-2-4-6-17)13-20-14-29(26-25-20)15-21-11-18-9-10-28(21)16-22(18)23(30)24-19-7-8-19/h2-6,14,18-19,21-22H,7-13,15-16H2,1H3,(H,24,30)/t18-,21-,22+/m1/s1. The van der Waals surface area contributed by atoms with Gasteiger partial charge in [-0.25, -0.2) is 0 Å². The maximum absolute atomic E-state index is 12.6. The molecule has 1 saturated carbocycles. The Kier molecular flexibility index (Phi) is 5.56. The summed E-state index contributed by atoms with van der Waals surface area (Å²) in [4.78, 5) is 17.3. The van der Waals surface area contributed by atoms with E-state index in [4.69, 9.17) is 0 Å². The smallest absolute Gasteiger partial charge is 0.224 e. The van der Waals surface area contributed by atoms with Crippen molar-refractivity contribution in [2.24, 2.45) is 11.8 Å². The molecule has 1 aliphatic carbocycles. The monoisotopic (exact) mass is 408 g/mol. The summed E-state index contributed by atoms with van der Waals surface area (Å²) in [6.07, 6.45) is 6.63. The van der Waals surface area contributed by atoms with Gasteiger partial charge in [0.05, 0.1) is 18.2 Å². The maximum atomic E-state index is 12.6. The van der Waals surface area contributed by atoms with Crippen LogP contribution in [0.25, 0.3) is 0 Å². The predicted octanol–water partition coefficient (Wildman–Crippen LogP) is 1.90. The van der Waals surface area contributed by atoms with Crippen molar-refractivity contribution in [3.8, 4) is 0 Å². The van der Waals surface area contributed by atoms with Crippen LogP contribution in [0.5, 0.6) is 0 Å². The highest BCUT2D eigenvalue weighted by Crippen LogP contribution is 2.37. The first kappa shape index (κ1) is 19.7. The van der Waals surface area contributed by atoms with Crippen LogP contribution in [0.15, 0.2) is 36.5 Å². The van der Waals surface area contributed by atoms with Crippen LogP contribution in [-0.2, 0) is 24.4 Å². The van der Waals surface area contributed by atoms with E-state index >= 15 is 0 Å². The molecule has 160 valence electrons. The molecule has 4 atom stereocenters. The van der Waals surface area contributed by atoms with Crippen molar-refractivity contribution in [3.63, 3.8) is 0 Å². The zero-order chi connectivity index (χ0) is 20.5. The number of nitrogens with zero attached hydrogens (tertiary/aromatic N) is 5. The first-order valence-corrected chi connectivity index (χ1v) is 11.3. The zero-order valence-electron chi connectivity index (χ0n) is 17.8. The molecule has 6 rings (SSSR count). The summed E-state index contributed by atoms with van der Waals surface area (Å²) in [6.45, 7) is 4.55. The first-order valence-electron chi connectivity index (χ1n) is 11.3. The number of carbonyl (C=O) groups excluding carboxylic acids is 1. The molecular formula is C23H32N6O. The highest BCUT2D eigenvalue weighted by atomic mass is 16.2. The fraction of sp³-hybridized carbons (Fsp3) is 0.609. The van der Waals surface area contributed by atoms with E-state index in [-0.39, 0.29) is 11.8 Å². The van der Waals surface area contributed by atoms with Gasteiger partial charge in [0.25, 0.3) is 0 Å². The molecule has 1 amide bonds. The third kappa shape index (κ3) is 4.57. The number of amides is 1. The summed E-state index contributed by atoms with van der Waals surface area (Å²) < 4.78 is 2.00. The van der Waals surface area contributed by atoms with E-state index in [1.807, 2.05) is 10.7 Å². The molecule has 0 radical (unpaired) electrons. The molecule has 7 nitrogen and oxygen atoms in total. The number of hydrogen-bond acceptors (Lipinski definition) is 5. The third-order valence-electron chi connectivity index (χ3n) is 6.85. The number of carbonyl (C=O) groups is 1. The molecular weight excluding hydrogens is 376 g/mol. The lowest BCUT2D eigenvalue weighted by atomic mass is 9.75. The predicted molar refractivity (Wildman–Crippen MR) is 114 cm³/mol. The minimum atomic E-state index is 0.175. The number of nitrogens with one attached hydrogen (secondary N) is 1. The Hall–Kier alpha value is -2.25. The fourth-order valence-corrected chi connectivity index (χ4v) is 5.10. The van der Waals surface area contributed by atoms with Crippen LogP contribution in [0.4, 0.5) is 0 Å². The van der Waals surface area contributed by atoms with Crippen molar-refractivity contribution in [3.05, 3.63) is 47.8 Å². The van der Waals surface area contributed by atoms with Crippen molar-refractivity contribution in [2.75, 3.05) is 20.1 Å². The molecule has 1 unspecified atom stereocenters. The van der Waals surface area contributed by atoms with E-state index in [2.05, 4.69) is 62.9 Å². The highest BCUT2D eigenvalue weighted by Gasteiger charge is 2.44. The molecule has 1 N–H and O–H groups in total. The normalized spacial score (nSPS) is 28.1. The van der Waals surface area contributed by atoms with Gasteiger partial charge >= 0.3 is 0 Å². The van der Waals surface area contributed by atoms with Gasteiger partial charge < -0.3 is 5.32 Å². The zero-order valence-corrected chi connectivity index (χ0v) is 17.8. The molecule has 3 aliphatic heterocycles. The van der Waals surface area contributed by atoms with E-state index in [1.165, 1.54) is 5.56 Å². The molecule has 2 aromatic rings. The Morgan fingerprint density at radius 1 is 1.20 bits per heavy atom. The van der Waals surface area contributed by atoms with E-state index in [9.17, 15) is 4.79 Å². The second kappa shape index (κ2) is 8.47. The van der Waals surface area contributed by atoms with E-state index in [0.29, 0.717) is 18.0 Å². The van der Waals surface area contributed by atoms with Gasteiger partial charge in [0.1, 0.15) is 0 Å². The van der Waals surface area contributed by atoms with Gasteiger partial charge in [-0.1, -0.05) is 35.5 Å². The van der Waals surface area contributed by atoms with Crippen molar-refractivity contribution in [1.29, 1.82) is 0 Å². The average molecular weight is 409 g/mol. The van der Waals surface area contributed by atoms with Crippen LogP contribution in [-0.4, -0.2) is 62.9 Å². The molecule has 0 spiro atoms. The topological polar surface area (TPSA) is 66.3 Å². The maximum Gasteiger partial charge on any atom is 0.224 e. The lowest BCUT2D eigenvalue weighted by molar-refractivity contribution is -0.133. The van der Waals surface area contributed by atoms with Gasteiger partial charge in [0.2, 0.25) is 5.91 Å². The third-order valence-corrected chi connectivity index (χ3v) is 6.85. The van der Waals surface area contributed by atoms with Gasteiger partial charge in [0.15, 0.2) is 0 Å². The van der Waals surface area contributed by atoms with E-state index < -0.39 is 0 Å². The summed E-state index contributed by atoms with van der Waals surface area (Å²) in [7, 11) is 2.12. The lowest BCUT2D eigenvalue weighted by Gasteiger charge is -2.49. The summed E-state index contributed by atoms with van der Waals surface area (Å²) in [5.41, 5.74) is 2.31. The molecule has 30 heavy (non-hydrogen) atoms. The first-order chi connectivity index (χ1) is 14.6. The number of rotatable bonds is 8. The Morgan fingerprint density at radius 2 is 2.03 bits per heavy atom. The SMILES string of the molecule is CN(Cc1ccccc1)Cc1cn(C[C@H]2C[C@H]3CCN2C[C@@H]3C(=O)NC2CC2)nn1. The largest absolute Gasteiger partial charge is 0.353 e. The average Bonchev–Trinajstić information content (AvgIpc) is 3.46. The van der Waals surface area contributed by atoms with Crippen LogP contribution in [0, 0.1) is 11.8 Å². The van der Waals surface area contributed by atoms with Crippen molar-refractivity contribution in [2.45, 2.75) is 57.4 Å². The van der Waals surface area contributed by atoms with Crippen LogP contribution < -0.4 is 5.32 Å². The Labute approximate surface area is 178 Å². The molecule has 7 heteroatoms. The highest BCUT2D eigenvalue weighted by molar-refractivity contribution is 5.80. The number of benzene rings is 1. The minimum absolute atomic E-state index is 0.175. The summed E-state index contributed by atoms with van der Waals surface area (Å²) in [6, 6.07) is 11.4. The van der Waals surface area contributed by atoms with Crippen LogP contribution in [0.1, 0.15) is 36.9 Å². The van der Waals surface area contributed by atoms with Gasteiger partial charge in [-0.15, -0.1) is 5.10 Å². The Bertz CT molecular complexity index is 864. The van der Waals surface area contributed by atoms with Crippen molar-refractivity contribution < 1.29 is 4.79 Å². The second-order valence-electron chi connectivity index (χ2n) is 9.41. The van der Waals surface area contributed by atoms with Crippen LogP contribution in [0.3, 0.4) is 0 Å². The Morgan fingerprint density at radius 3 is 2.77 bits per heavy atom. The van der Waals surface area contributed by atoms with E-state index in [0.717, 1.165) is 64.1 Å². The molecule has 4 fully saturated rings. The summed E-state index contributed by atoms with van der Waals surface area (Å²) >= 11 is 0. The fourth-order valence-electron chi connectivity index (χ4n) is 5.10. The number of hydrogen-bond donors (Lipinski definition) is 1. The van der Waals surface area contributed by atoms with Crippen LogP contribution >= 0.6 is 0 Å². The molecule has 2 bridgehead atoms. The van der Waals surface area contributed by atoms with Gasteiger partial charge in [-0.05, 0) is 50.8 Å². The quantitative estimate of drug-likeness (QED) is 0.723. The summed E-state index contributed by atoms with van der Waals surface area (Å²) in [5, 5.41) is 12.0. The van der Waals surface area contributed by atoms with Crippen molar-refractivity contribution >= 4 is 5.91 Å². The molecule has 1 aromatic heterocycles. The number of fused-ring (bicyclic) bond motifs is 3. The number of aromatic nitrogens is 3. The lowest BCUT2D eigenvalue weighted by Crippen LogP contribution is -2.58. The van der Waals surface area contributed by atoms with Gasteiger partial charge in [0, 0.05) is 37.9 Å². The number of piperidine rings is 3. The van der Waals surface area contributed by atoms with Gasteiger partial charge in [-0.2, -0.15) is 0 Å². The van der Waals surface area contributed by atoms with Gasteiger partial charge in [-0.3, -0.25) is 19.3 Å². The molecule has 3 saturated heterocycles. The Balaban J connectivity index is 1.14. The molecule has 4 aliphatic rings. The van der Waals surface area contributed by atoms with Crippen molar-refractivity contribution in [1.82, 2.24) is 30.1 Å². The molecule has 1 aromatic carbocycles. The molecule has 4 heterocycles. The second-order valence-corrected chi connectivity index (χ2v) is 9.41. The van der Waals surface area contributed by atoms with E-state index in [1.54, 1.807) is 0 Å². The minimum Gasteiger partial charge on any atom is -0.353 e. The van der Waals surface area contributed by atoms with Crippen LogP contribution in [0.2, 0.25) is 0 Å². The summed E-state index contributed by atoms with van der Waals surface area (Å²) in [5.74, 6) is 0.974.